The zero-order valence-electron chi connectivity index (χ0n) is 21.3. The van der Waals surface area contributed by atoms with E-state index in [4.69, 9.17) is 17.0 Å². The van der Waals surface area contributed by atoms with Crippen LogP contribution in [0.4, 0.5) is 0 Å². The Balaban J connectivity index is 0.00000103. The molecule has 0 nitrogen and oxygen atoms in total. The van der Waals surface area contributed by atoms with Gasteiger partial charge in [0.1, 0.15) is 0 Å². The molecule has 0 aliphatic heterocycles. The Kier molecular flexibility index (Phi) is 9.36. The summed E-state index contributed by atoms with van der Waals surface area (Å²) in [7, 11) is 9.87. The third kappa shape index (κ3) is 6.29. The van der Waals surface area contributed by atoms with Gasteiger partial charge < -0.3 is 0 Å². The topological polar surface area (TPSA) is 0 Å². The zero-order valence-corrected chi connectivity index (χ0v) is 25.3. The summed E-state index contributed by atoms with van der Waals surface area (Å²) in [6, 6.07) is 27.4. The van der Waals surface area contributed by atoms with Crippen molar-refractivity contribution in [3.63, 3.8) is 0 Å². The second-order valence-electron chi connectivity index (χ2n) is 10.6. The molecule has 0 saturated carbocycles. The third-order valence-corrected chi connectivity index (χ3v) is 6.40. The summed E-state index contributed by atoms with van der Waals surface area (Å²) < 4.78 is 0. The average Bonchev–Trinajstić information content (AvgIpc) is 3.23. The number of rotatable bonds is 4. The molecule has 34 heavy (non-hydrogen) atoms. The molecule has 0 aliphatic carbocycles. The Bertz CT molecular complexity index is 1200. The van der Waals surface area contributed by atoms with Crippen molar-refractivity contribution in [2.24, 2.45) is 0 Å². The van der Waals surface area contributed by atoms with E-state index >= 15 is 0 Å². The van der Waals surface area contributed by atoms with Gasteiger partial charge in [0, 0.05) is 0 Å². The summed E-state index contributed by atoms with van der Waals surface area (Å²) >= 11 is -0.826. The number of hydrogen-bond donors (Lipinski definition) is 0. The van der Waals surface area contributed by atoms with Gasteiger partial charge in [0.2, 0.25) is 0 Å². The fraction of sp³-hybridized carbons (Fsp3) is 0.323. The summed E-state index contributed by atoms with van der Waals surface area (Å²) in [5, 5.41) is 2.68. The molecule has 4 rings (SSSR count). The van der Waals surface area contributed by atoms with Crippen LogP contribution >= 0.6 is 17.0 Å². The molecule has 0 atom stereocenters. The van der Waals surface area contributed by atoms with E-state index in [9.17, 15) is 0 Å². The van der Waals surface area contributed by atoms with Gasteiger partial charge in [0.05, 0.1) is 0 Å². The number of benzene rings is 3. The molecule has 0 spiro atoms. The van der Waals surface area contributed by atoms with Gasteiger partial charge >= 0.3 is 37.9 Å². The molecule has 178 valence electrons. The molecular formula is C31H35Cl2Zr-. The van der Waals surface area contributed by atoms with Crippen LogP contribution in [0.5, 0.6) is 0 Å². The molecular weight excluding hydrogens is 534 g/mol. The Morgan fingerprint density at radius 3 is 1.79 bits per heavy atom. The van der Waals surface area contributed by atoms with Crippen molar-refractivity contribution in [2.75, 3.05) is 0 Å². The van der Waals surface area contributed by atoms with Gasteiger partial charge in [-0.1, -0.05) is 109 Å². The zero-order chi connectivity index (χ0) is 25.0. The SMILES string of the molecule is CC(C)c1cc(-c2c(C(C)(C)C)ccc3[cH-]c(-c4ccccc4)cc23)cc(C(C)C)c1.[Cl][Zr][Cl]. The van der Waals surface area contributed by atoms with Crippen molar-refractivity contribution in [3.8, 4) is 22.3 Å². The van der Waals surface area contributed by atoms with Crippen molar-refractivity contribution >= 4 is 27.8 Å². The van der Waals surface area contributed by atoms with Crippen LogP contribution in [-0.2, 0) is 26.3 Å². The van der Waals surface area contributed by atoms with Crippen LogP contribution in [0.1, 0.15) is 77.0 Å². The molecule has 0 aromatic heterocycles. The molecule has 0 heterocycles. The van der Waals surface area contributed by atoms with Gasteiger partial charge in [-0.25, -0.2) is 0 Å². The van der Waals surface area contributed by atoms with Gasteiger partial charge in [-0.15, -0.1) is 34.5 Å². The molecule has 4 aromatic carbocycles. The van der Waals surface area contributed by atoms with Crippen molar-refractivity contribution in [1.82, 2.24) is 0 Å². The number of fused-ring (bicyclic) bond motifs is 1. The normalized spacial score (nSPS) is 11.6. The first-order chi connectivity index (χ1) is 16.1. The molecule has 0 saturated heterocycles. The van der Waals surface area contributed by atoms with Crippen LogP contribution in [0.15, 0.2) is 72.8 Å². The fourth-order valence-corrected chi connectivity index (χ4v) is 4.50. The van der Waals surface area contributed by atoms with Crippen molar-refractivity contribution in [2.45, 2.75) is 65.7 Å². The first-order valence-corrected chi connectivity index (χ1v) is 18.3. The van der Waals surface area contributed by atoms with Gasteiger partial charge in [-0.3, -0.25) is 0 Å². The Hall–Kier alpha value is -1.27. The molecule has 0 N–H and O–H groups in total. The van der Waals surface area contributed by atoms with Crippen LogP contribution < -0.4 is 0 Å². The van der Waals surface area contributed by atoms with E-state index in [0.29, 0.717) is 11.8 Å². The Morgan fingerprint density at radius 1 is 0.735 bits per heavy atom. The van der Waals surface area contributed by atoms with Gasteiger partial charge in [0.25, 0.3) is 0 Å². The van der Waals surface area contributed by atoms with Crippen molar-refractivity contribution in [3.05, 3.63) is 89.5 Å². The maximum atomic E-state index is 4.93. The predicted octanol–water partition coefficient (Wildman–Crippen LogP) is 10.8. The second-order valence-corrected chi connectivity index (χ2v) is 14.4. The van der Waals surface area contributed by atoms with E-state index in [0.717, 1.165) is 0 Å². The molecule has 0 aliphatic rings. The molecule has 0 radical (unpaired) electrons. The van der Waals surface area contributed by atoms with E-state index in [1.54, 1.807) is 0 Å². The Labute approximate surface area is 224 Å². The predicted molar refractivity (Wildman–Crippen MR) is 149 cm³/mol. The Morgan fingerprint density at radius 2 is 1.29 bits per heavy atom. The van der Waals surface area contributed by atoms with E-state index in [1.165, 1.54) is 49.7 Å². The van der Waals surface area contributed by atoms with E-state index in [1.807, 2.05) is 0 Å². The van der Waals surface area contributed by atoms with E-state index < -0.39 is 20.8 Å². The van der Waals surface area contributed by atoms with E-state index in [-0.39, 0.29) is 5.41 Å². The van der Waals surface area contributed by atoms with E-state index in [2.05, 4.69) is 121 Å². The quantitative estimate of drug-likeness (QED) is 0.215. The molecule has 0 fully saturated rings. The molecule has 3 heteroatoms. The van der Waals surface area contributed by atoms with Gasteiger partial charge in [-0.05, 0) is 45.1 Å². The molecule has 4 aromatic rings. The second kappa shape index (κ2) is 11.6. The van der Waals surface area contributed by atoms with Gasteiger partial charge in [0.15, 0.2) is 0 Å². The minimum absolute atomic E-state index is 0.0690. The van der Waals surface area contributed by atoms with Crippen LogP contribution in [-0.4, -0.2) is 0 Å². The molecule has 0 amide bonds. The number of halogens is 2. The monoisotopic (exact) mass is 567 g/mol. The van der Waals surface area contributed by atoms with Crippen molar-refractivity contribution in [1.29, 1.82) is 0 Å². The summed E-state index contributed by atoms with van der Waals surface area (Å²) in [6.07, 6.45) is 0. The first-order valence-electron chi connectivity index (χ1n) is 12.0. The molecule has 0 unspecified atom stereocenters. The number of hydrogen-bond acceptors (Lipinski definition) is 0. The molecule has 0 bridgehead atoms. The van der Waals surface area contributed by atoms with Crippen LogP contribution in [0.25, 0.3) is 33.0 Å². The summed E-state index contributed by atoms with van der Waals surface area (Å²) in [5.74, 6) is 1.02. The van der Waals surface area contributed by atoms with Crippen molar-refractivity contribution < 1.29 is 20.8 Å². The van der Waals surface area contributed by atoms with Gasteiger partial charge in [-0.2, -0.15) is 0 Å². The standard InChI is InChI=1S/C31H35.2ClH.Zr/c1-20(2)24-16-25(21(3)4)18-27(17-24)30-28-19-26(22-11-9-8-10-12-22)15-23(28)13-14-29(30)31(5,6)7;;;/h8-21H,1-7H3;2*1H;/q-1;;;+2/p-2. The minimum atomic E-state index is -0.826. The van der Waals surface area contributed by atoms with Crippen LogP contribution in [0.2, 0.25) is 0 Å². The third-order valence-electron chi connectivity index (χ3n) is 6.40. The summed E-state index contributed by atoms with van der Waals surface area (Å²) in [5.41, 5.74) is 9.67. The summed E-state index contributed by atoms with van der Waals surface area (Å²) in [4.78, 5) is 0. The average molecular weight is 570 g/mol. The van der Waals surface area contributed by atoms with Crippen LogP contribution in [0, 0.1) is 0 Å². The van der Waals surface area contributed by atoms with Crippen LogP contribution in [0.3, 0.4) is 0 Å². The fourth-order valence-electron chi connectivity index (χ4n) is 4.50. The summed E-state index contributed by atoms with van der Waals surface area (Å²) in [6.45, 7) is 16.2. The maximum absolute atomic E-state index is 4.93. The first kappa shape index (κ1) is 27.3.